The van der Waals surface area contributed by atoms with Gasteiger partial charge in [-0.25, -0.2) is 0 Å². The lowest BCUT2D eigenvalue weighted by Crippen LogP contribution is -2.47. The highest BCUT2D eigenvalue weighted by atomic mass is 16.6. The Bertz CT molecular complexity index is 499. The maximum atomic E-state index is 11.3. The lowest BCUT2D eigenvalue weighted by Gasteiger charge is -2.35. The average Bonchev–Trinajstić information content (AvgIpc) is 2.47. The highest BCUT2D eigenvalue weighted by Crippen LogP contribution is 2.31. The SMILES string of the molecule is CC(O)c1ccc(N2CCN(CCO)CC2)c([N+](=O)[O-])c1. The first-order valence-corrected chi connectivity index (χ1v) is 7.07. The molecule has 1 aromatic carbocycles. The number of hydrogen-bond acceptors (Lipinski definition) is 6. The van der Waals surface area contributed by atoms with Gasteiger partial charge in [0.2, 0.25) is 0 Å². The summed E-state index contributed by atoms with van der Waals surface area (Å²) in [5.74, 6) is 0. The van der Waals surface area contributed by atoms with Gasteiger partial charge in [0.15, 0.2) is 0 Å². The van der Waals surface area contributed by atoms with Crippen LogP contribution in [-0.2, 0) is 0 Å². The van der Waals surface area contributed by atoms with Gasteiger partial charge in [0.25, 0.3) is 5.69 Å². The molecule has 0 aromatic heterocycles. The van der Waals surface area contributed by atoms with E-state index in [4.69, 9.17) is 5.11 Å². The molecule has 1 heterocycles. The second kappa shape index (κ2) is 6.84. The summed E-state index contributed by atoms with van der Waals surface area (Å²) in [4.78, 5) is 15.0. The van der Waals surface area contributed by atoms with Gasteiger partial charge in [-0.1, -0.05) is 6.07 Å². The van der Waals surface area contributed by atoms with Crippen LogP contribution in [0.5, 0.6) is 0 Å². The summed E-state index contributed by atoms with van der Waals surface area (Å²) >= 11 is 0. The van der Waals surface area contributed by atoms with Gasteiger partial charge in [0.1, 0.15) is 5.69 Å². The predicted octanol–water partition coefficient (Wildman–Crippen LogP) is 0.762. The number of nitro benzene ring substituents is 1. The van der Waals surface area contributed by atoms with Crippen molar-refractivity contribution >= 4 is 11.4 Å². The number of hydrogen-bond donors (Lipinski definition) is 2. The van der Waals surface area contributed by atoms with Crippen LogP contribution in [0, 0.1) is 10.1 Å². The number of aliphatic hydroxyl groups excluding tert-OH is 2. The molecule has 0 aliphatic carbocycles. The minimum atomic E-state index is -0.723. The molecule has 1 aromatic rings. The molecule has 116 valence electrons. The molecule has 0 saturated carbocycles. The van der Waals surface area contributed by atoms with E-state index in [0.29, 0.717) is 30.9 Å². The number of nitrogens with zero attached hydrogens (tertiary/aromatic N) is 3. The van der Waals surface area contributed by atoms with Crippen molar-refractivity contribution < 1.29 is 15.1 Å². The molecule has 1 atom stereocenters. The van der Waals surface area contributed by atoms with E-state index >= 15 is 0 Å². The first-order chi connectivity index (χ1) is 10.0. The molecule has 2 rings (SSSR count). The van der Waals surface area contributed by atoms with Crippen LogP contribution in [0.25, 0.3) is 0 Å². The fourth-order valence-electron chi connectivity index (χ4n) is 2.57. The Labute approximate surface area is 123 Å². The standard InChI is InChI=1S/C14H21N3O4/c1-11(19)12-2-3-13(14(10-12)17(20)21)16-6-4-15(5-7-16)8-9-18/h2-3,10-11,18-19H,4-9H2,1H3. The second-order valence-corrected chi connectivity index (χ2v) is 5.23. The van der Waals surface area contributed by atoms with Crippen molar-refractivity contribution in [2.75, 3.05) is 44.2 Å². The zero-order valence-electron chi connectivity index (χ0n) is 12.1. The number of benzene rings is 1. The number of anilines is 1. The third-order valence-corrected chi connectivity index (χ3v) is 3.81. The third-order valence-electron chi connectivity index (χ3n) is 3.81. The maximum Gasteiger partial charge on any atom is 0.292 e. The number of piperazine rings is 1. The Morgan fingerprint density at radius 3 is 2.52 bits per heavy atom. The van der Waals surface area contributed by atoms with E-state index in [-0.39, 0.29) is 12.3 Å². The number of aliphatic hydroxyl groups is 2. The van der Waals surface area contributed by atoms with E-state index < -0.39 is 11.0 Å². The van der Waals surface area contributed by atoms with Crippen LogP contribution in [0.3, 0.4) is 0 Å². The lowest BCUT2D eigenvalue weighted by molar-refractivity contribution is -0.384. The highest BCUT2D eigenvalue weighted by molar-refractivity contribution is 5.64. The molecule has 0 spiro atoms. The van der Waals surface area contributed by atoms with Gasteiger partial charge in [-0.3, -0.25) is 15.0 Å². The smallest absolute Gasteiger partial charge is 0.292 e. The number of rotatable bonds is 5. The van der Waals surface area contributed by atoms with Gasteiger partial charge < -0.3 is 15.1 Å². The number of β-amino-alcohol motifs (C(OH)–C–C–N with tert-alkyl or cyclic N) is 1. The molecule has 1 fully saturated rings. The van der Waals surface area contributed by atoms with E-state index in [2.05, 4.69) is 4.90 Å². The zero-order valence-corrected chi connectivity index (χ0v) is 12.1. The van der Waals surface area contributed by atoms with Crippen molar-refractivity contribution in [1.29, 1.82) is 0 Å². The van der Waals surface area contributed by atoms with Crippen molar-refractivity contribution in [1.82, 2.24) is 4.90 Å². The van der Waals surface area contributed by atoms with Crippen LogP contribution >= 0.6 is 0 Å². The lowest BCUT2D eigenvalue weighted by atomic mass is 10.1. The summed E-state index contributed by atoms with van der Waals surface area (Å²) in [6.45, 7) is 5.28. The summed E-state index contributed by atoms with van der Waals surface area (Å²) < 4.78 is 0. The Hall–Kier alpha value is -1.70. The Morgan fingerprint density at radius 1 is 1.33 bits per heavy atom. The Balaban J connectivity index is 2.18. The summed E-state index contributed by atoms with van der Waals surface area (Å²) in [5.41, 5.74) is 1.17. The monoisotopic (exact) mass is 295 g/mol. The molecular weight excluding hydrogens is 274 g/mol. The van der Waals surface area contributed by atoms with Gasteiger partial charge in [-0.05, 0) is 18.6 Å². The summed E-state index contributed by atoms with van der Waals surface area (Å²) in [6, 6.07) is 4.88. The maximum absolute atomic E-state index is 11.3. The summed E-state index contributed by atoms with van der Waals surface area (Å²) in [7, 11) is 0. The van der Waals surface area contributed by atoms with Gasteiger partial charge in [-0.15, -0.1) is 0 Å². The van der Waals surface area contributed by atoms with Gasteiger partial charge in [-0.2, -0.15) is 0 Å². The van der Waals surface area contributed by atoms with Crippen molar-refractivity contribution in [3.05, 3.63) is 33.9 Å². The first kappa shape index (κ1) is 15.7. The van der Waals surface area contributed by atoms with Crippen LogP contribution in [-0.4, -0.2) is 59.4 Å². The average molecular weight is 295 g/mol. The molecule has 0 bridgehead atoms. The molecule has 7 heteroatoms. The third kappa shape index (κ3) is 3.69. The quantitative estimate of drug-likeness (QED) is 0.616. The predicted molar refractivity (Wildman–Crippen MR) is 79.5 cm³/mol. The minimum absolute atomic E-state index is 0.0315. The van der Waals surface area contributed by atoms with Crippen LogP contribution in [0.4, 0.5) is 11.4 Å². The van der Waals surface area contributed by atoms with Crippen molar-refractivity contribution in [2.45, 2.75) is 13.0 Å². The molecule has 1 aliphatic rings. The molecule has 21 heavy (non-hydrogen) atoms. The Kier molecular flexibility index (Phi) is 5.11. The van der Waals surface area contributed by atoms with E-state index in [1.165, 1.54) is 6.07 Å². The van der Waals surface area contributed by atoms with E-state index in [9.17, 15) is 15.2 Å². The zero-order chi connectivity index (χ0) is 15.4. The van der Waals surface area contributed by atoms with Gasteiger partial charge in [0, 0.05) is 38.8 Å². The van der Waals surface area contributed by atoms with E-state index in [1.807, 2.05) is 4.90 Å². The van der Waals surface area contributed by atoms with E-state index in [0.717, 1.165) is 13.1 Å². The number of nitro groups is 1. The van der Waals surface area contributed by atoms with E-state index in [1.54, 1.807) is 19.1 Å². The van der Waals surface area contributed by atoms with Gasteiger partial charge in [0.05, 0.1) is 17.6 Å². The van der Waals surface area contributed by atoms with Crippen LogP contribution < -0.4 is 4.90 Å². The minimum Gasteiger partial charge on any atom is -0.395 e. The second-order valence-electron chi connectivity index (χ2n) is 5.23. The normalized spacial score (nSPS) is 17.8. The molecule has 7 nitrogen and oxygen atoms in total. The summed E-state index contributed by atoms with van der Waals surface area (Å²) in [5, 5.41) is 29.8. The summed E-state index contributed by atoms with van der Waals surface area (Å²) in [6.07, 6.45) is -0.723. The molecule has 1 saturated heterocycles. The van der Waals surface area contributed by atoms with Crippen LogP contribution in [0.2, 0.25) is 0 Å². The molecule has 0 radical (unpaired) electrons. The molecule has 1 aliphatic heterocycles. The molecule has 2 N–H and O–H groups in total. The highest BCUT2D eigenvalue weighted by Gasteiger charge is 2.24. The van der Waals surface area contributed by atoms with Gasteiger partial charge >= 0.3 is 0 Å². The van der Waals surface area contributed by atoms with Crippen molar-refractivity contribution in [2.24, 2.45) is 0 Å². The fourth-order valence-corrected chi connectivity index (χ4v) is 2.57. The van der Waals surface area contributed by atoms with Crippen LogP contribution in [0.1, 0.15) is 18.6 Å². The fraction of sp³-hybridized carbons (Fsp3) is 0.571. The largest absolute Gasteiger partial charge is 0.395 e. The molecular formula is C14H21N3O4. The first-order valence-electron chi connectivity index (χ1n) is 7.07. The van der Waals surface area contributed by atoms with Crippen LogP contribution in [0.15, 0.2) is 18.2 Å². The topological polar surface area (TPSA) is 90.1 Å². The molecule has 0 amide bonds. The molecule has 1 unspecified atom stereocenters. The van der Waals surface area contributed by atoms with Crippen molar-refractivity contribution in [3.8, 4) is 0 Å². The Morgan fingerprint density at radius 2 is 2.00 bits per heavy atom. The van der Waals surface area contributed by atoms with Crippen molar-refractivity contribution in [3.63, 3.8) is 0 Å².